The van der Waals surface area contributed by atoms with E-state index in [4.69, 9.17) is 4.98 Å². The average Bonchev–Trinajstić information content (AvgIpc) is 3.96. The van der Waals surface area contributed by atoms with Gasteiger partial charge in [0, 0.05) is 25.0 Å². The van der Waals surface area contributed by atoms with Gasteiger partial charge in [-0.05, 0) is 65.3 Å². The first-order valence-electron chi connectivity index (χ1n) is 18.1. The number of aromatic nitrogens is 6. The smallest absolute Gasteiger partial charge is 0.408 e. The minimum atomic E-state index is -0.903. The highest BCUT2D eigenvalue weighted by Crippen LogP contribution is 2.42. The normalized spacial score (nSPS) is 19.7. The number of rotatable bonds is 9. The van der Waals surface area contributed by atoms with Crippen LogP contribution in [0.25, 0.3) is 33.6 Å². The van der Waals surface area contributed by atoms with Crippen LogP contribution in [0.2, 0.25) is 0 Å². The number of hydrogen-bond donors (Lipinski definition) is 4. The summed E-state index contributed by atoms with van der Waals surface area (Å²) in [6.45, 7) is 11.0. The van der Waals surface area contributed by atoms with Crippen molar-refractivity contribution in [3.8, 4) is 33.6 Å². The summed E-state index contributed by atoms with van der Waals surface area (Å²) >= 11 is 0. The molecule has 2 saturated heterocycles. The topological polar surface area (TPSA) is 156 Å². The standard InChI is InChI=1S/C40H47N9O3/c1-24(2)34(47-38-41-19-7-20-42-38)37(50)48-21-6-8-31(48)35-43-22-29(45-35)27-13-9-25(10-14-27)26-11-15-28(16-12-26)30-23-44-36(46-30)32-17-18-33(40(3,4)5)49(32)39(51)52/h7,9-16,19-20,22-24,31-34H,6,8,17-18,21H2,1-5H3,(H,43,45)(H,44,46)(H,51,52)(H,41,42,47)/t31?,32?,33?,34-/m1/s1. The monoisotopic (exact) mass is 701 g/mol. The number of carbonyl (C=O) groups excluding carboxylic acids is 1. The van der Waals surface area contributed by atoms with Gasteiger partial charge >= 0.3 is 6.09 Å². The molecule has 3 aromatic heterocycles. The first-order chi connectivity index (χ1) is 25.0. The van der Waals surface area contributed by atoms with E-state index in [2.05, 4.69) is 99.5 Å². The molecular weight excluding hydrogens is 655 g/mol. The van der Waals surface area contributed by atoms with E-state index in [1.807, 2.05) is 24.9 Å². The maximum absolute atomic E-state index is 13.8. The highest BCUT2D eigenvalue weighted by Gasteiger charge is 2.44. The van der Waals surface area contributed by atoms with Crippen molar-refractivity contribution in [1.29, 1.82) is 0 Å². The van der Waals surface area contributed by atoms with Gasteiger partial charge in [0.25, 0.3) is 0 Å². The number of aromatic amines is 2. The summed E-state index contributed by atoms with van der Waals surface area (Å²) in [4.78, 5) is 54.3. The zero-order valence-electron chi connectivity index (χ0n) is 30.4. The molecule has 4 atom stereocenters. The van der Waals surface area contributed by atoms with E-state index >= 15 is 0 Å². The van der Waals surface area contributed by atoms with E-state index < -0.39 is 12.1 Å². The molecule has 0 bridgehead atoms. The van der Waals surface area contributed by atoms with Crippen molar-refractivity contribution < 1.29 is 14.7 Å². The molecule has 2 fully saturated rings. The van der Waals surface area contributed by atoms with Crippen LogP contribution in [0.15, 0.2) is 79.4 Å². The molecule has 4 N–H and O–H groups in total. The van der Waals surface area contributed by atoms with Gasteiger partial charge in [0.05, 0.1) is 35.9 Å². The molecule has 3 unspecified atom stereocenters. The van der Waals surface area contributed by atoms with Crippen LogP contribution < -0.4 is 5.32 Å². The van der Waals surface area contributed by atoms with E-state index in [0.717, 1.165) is 65.1 Å². The summed E-state index contributed by atoms with van der Waals surface area (Å²) in [5.41, 5.74) is 5.78. The molecule has 270 valence electrons. The molecule has 0 radical (unpaired) electrons. The first-order valence-corrected chi connectivity index (χ1v) is 18.1. The van der Waals surface area contributed by atoms with E-state index in [1.54, 1.807) is 29.6 Å². The lowest BCUT2D eigenvalue weighted by atomic mass is 9.85. The van der Waals surface area contributed by atoms with Crippen LogP contribution in [0.5, 0.6) is 0 Å². The predicted octanol–water partition coefficient (Wildman–Crippen LogP) is 7.95. The van der Waals surface area contributed by atoms with Gasteiger partial charge in [-0.3, -0.25) is 9.69 Å². The number of imidazole rings is 2. The molecule has 12 heteroatoms. The number of likely N-dealkylation sites (tertiary alicyclic amines) is 2. The molecule has 0 spiro atoms. The molecule has 52 heavy (non-hydrogen) atoms. The van der Waals surface area contributed by atoms with Crippen molar-refractivity contribution in [2.75, 3.05) is 11.9 Å². The Morgan fingerprint density at radius 3 is 1.85 bits per heavy atom. The Morgan fingerprint density at radius 2 is 1.33 bits per heavy atom. The molecule has 12 nitrogen and oxygen atoms in total. The molecule has 5 heterocycles. The molecule has 5 aromatic rings. The van der Waals surface area contributed by atoms with Gasteiger partial charge in [0.1, 0.15) is 17.7 Å². The zero-order valence-corrected chi connectivity index (χ0v) is 30.4. The van der Waals surface area contributed by atoms with Crippen LogP contribution in [0.3, 0.4) is 0 Å². The summed E-state index contributed by atoms with van der Waals surface area (Å²) < 4.78 is 0. The lowest BCUT2D eigenvalue weighted by Crippen LogP contribution is -2.45. The highest BCUT2D eigenvalue weighted by atomic mass is 16.4. The summed E-state index contributed by atoms with van der Waals surface area (Å²) in [6.07, 6.45) is 9.39. The number of carbonyl (C=O) groups is 2. The van der Waals surface area contributed by atoms with Crippen molar-refractivity contribution in [1.82, 2.24) is 39.7 Å². The fourth-order valence-corrected chi connectivity index (χ4v) is 7.71. The van der Waals surface area contributed by atoms with Crippen molar-refractivity contribution in [3.05, 3.63) is 91.0 Å². The number of amides is 2. The largest absolute Gasteiger partial charge is 0.465 e. The number of nitrogens with one attached hydrogen (secondary N) is 3. The molecular formula is C40H47N9O3. The van der Waals surface area contributed by atoms with Gasteiger partial charge in [-0.25, -0.2) is 24.7 Å². The van der Waals surface area contributed by atoms with E-state index in [9.17, 15) is 14.7 Å². The second-order valence-corrected chi connectivity index (χ2v) is 15.3. The second kappa shape index (κ2) is 14.2. The van der Waals surface area contributed by atoms with E-state index in [0.29, 0.717) is 18.3 Å². The third kappa shape index (κ3) is 7.02. The second-order valence-electron chi connectivity index (χ2n) is 15.3. The van der Waals surface area contributed by atoms with Crippen molar-refractivity contribution >= 4 is 17.9 Å². The predicted molar refractivity (Wildman–Crippen MR) is 200 cm³/mol. The minimum absolute atomic E-state index is 0.0270. The minimum Gasteiger partial charge on any atom is -0.465 e. The Hall–Kier alpha value is -5.52. The van der Waals surface area contributed by atoms with Crippen LogP contribution in [-0.4, -0.2) is 75.4 Å². The maximum Gasteiger partial charge on any atom is 0.408 e. The molecule has 0 aliphatic carbocycles. The summed E-state index contributed by atoms with van der Waals surface area (Å²) in [5.74, 6) is 2.00. The number of benzene rings is 2. The SMILES string of the molecule is CC(C)[C@@H](Nc1ncccn1)C(=O)N1CCCC1c1ncc(-c2ccc(-c3ccc(-c4cnc(C5CCC(C(C)(C)C)N5C(=O)O)[nH]4)cc3)cc2)[nH]1. The van der Waals surface area contributed by atoms with Crippen LogP contribution in [0.1, 0.15) is 84.0 Å². The number of carboxylic acid groups (broad SMARTS) is 1. The number of H-pyrrole nitrogens is 2. The zero-order chi connectivity index (χ0) is 36.6. The van der Waals surface area contributed by atoms with Gasteiger partial charge in [-0.1, -0.05) is 83.1 Å². The van der Waals surface area contributed by atoms with Gasteiger partial charge < -0.3 is 25.3 Å². The van der Waals surface area contributed by atoms with Gasteiger partial charge in [0.2, 0.25) is 11.9 Å². The van der Waals surface area contributed by atoms with Crippen molar-refractivity contribution in [3.63, 3.8) is 0 Å². The van der Waals surface area contributed by atoms with Crippen LogP contribution in [0, 0.1) is 11.3 Å². The van der Waals surface area contributed by atoms with E-state index in [-0.39, 0.29) is 35.4 Å². The Balaban J connectivity index is 1.01. The van der Waals surface area contributed by atoms with Gasteiger partial charge in [0.15, 0.2) is 0 Å². The fourth-order valence-electron chi connectivity index (χ4n) is 7.71. The highest BCUT2D eigenvalue weighted by molar-refractivity contribution is 5.85. The summed E-state index contributed by atoms with van der Waals surface area (Å²) in [6, 6.07) is 17.5. The van der Waals surface area contributed by atoms with Gasteiger partial charge in [-0.2, -0.15) is 0 Å². The van der Waals surface area contributed by atoms with Crippen molar-refractivity contribution in [2.45, 2.75) is 84.5 Å². The molecule has 2 aliphatic rings. The molecule has 7 rings (SSSR count). The average molecular weight is 702 g/mol. The molecule has 2 amide bonds. The van der Waals surface area contributed by atoms with E-state index in [1.165, 1.54) is 0 Å². The Morgan fingerprint density at radius 1 is 0.788 bits per heavy atom. The summed E-state index contributed by atoms with van der Waals surface area (Å²) in [5, 5.41) is 13.3. The van der Waals surface area contributed by atoms with Crippen LogP contribution >= 0.6 is 0 Å². The van der Waals surface area contributed by atoms with Crippen molar-refractivity contribution in [2.24, 2.45) is 11.3 Å². The third-order valence-corrected chi connectivity index (χ3v) is 10.5. The first kappa shape index (κ1) is 34.9. The number of hydrogen-bond acceptors (Lipinski definition) is 7. The number of anilines is 1. The van der Waals surface area contributed by atoms with Crippen LogP contribution in [-0.2, 0) is 4.79 Å². The Labute approximate surface area is 304 Å². The Kier molecular flexibility index (Phi) is 9.56. The lowest BCUT2D eigenvalue weighted by molar-refractivity contribution is -0.134. The lowest BCUT2D eigenvalue weighted by Gasteiger charge is -2.35. The Bertz CT molecular complexity index is 2000. The fraction of sp³-hybridized carbons (Fsp3) is 0.400. The molecule has 2 aliphatic heterocycles. The quantitative estimate of drug-likeness (QED) is 0.121. The van der Waals surface area contributed by atoms with Gasteiger partial charge in [-0.15, -0.1) is 0 Å². The number of nitrogens with zero attached hydrogens (tertiary/aromatic N) is 6. The maximum atomic E-state index is 13.8. The summed E-state index contributed by atoms with van der Waals surface area (Å²) in [7, 11) is 0. The molecule has 2 aromatic carbocycles. The third-order valence-electron chi connectivity index (χ3n) is 10.5. The van der Waals surface area contributed by atoms with Crippen LogP contribution in [0.4, 0.5) is 10.7 Å². The molecule has 0 saturated carbocycles.